The Morgan fingerprint density at radius 3 is 2.55 bits per heavy atom. The third-order valence-corrected chi connectivity index (χ3v) is 5.14. The molecule has 0 spiro atoms. The van der Waals surface area contributed by atoms with Crippen molar-refractivity contribution < 1.29 is 24.2 Å². The molecule has 0 bridgehead atoms. The topological polar surface area (TPSA) is 101 Å². The van der Waals surface area contributed by atoms with Crippen LogP contribution in [0.25, 0.3) is 17.0 Å². The molecule has 2 N–H and O–H groups in total. The van der Waals surface area contributed by atoms with Crippen LogP contribution in [0.5, 0.6) is 5.75 Å². The number of benzene rings is 2. The van der Waals surface area contributed by atoms with Gasteiger partial charge in [-0.2, -0.15) is 0 Å². The molecular weight excluding hydrogens is 418 g/mol. The maximum atomic E-state index is 13.2. The number of aliphatic carboxylic acids is 1. The summed E-state index contributed by atoms with van der Waals surface area (Å²) < 4.78 is 6.69. The number of aromatic nitrogens is 1. The van der Waals surface area contributed by atoms with Crippen LogP contribution in [0, 0.1) is 0 Å². The third-order valence-electron chi connectivity index (χ3n) is 4.86. The molecule has 1 fully saturated rings. The number of amides is 2. The maximum Gasteiger partial charge on any atom is 0.323 e. The van der Waals surface area contributed by atoms with Crippen molar-refractivity contribution in [2.24, 2.45) is 0 Å². The highest BCUT2D eigenvalue weighted by molar-refractivity contribution is 7.80. The fourth-order valence-corrected chi connectivity index (χ4v) is 3.73. The van der Waals surface area contributed by atoms with Crippen molar-refractivity contribution in [2.75, 3.05) is 12.0 Å². The minimum absolute atomic E-state index is 0.0226. The number of fused-ring (bicyclic) bond motifs is 1. The van der Waals surface area contributed by atoms with Gasteiger partial charge in [0.05, 0.1) is 12.8 Å². The molecule has 156 valence electrons. The van der Waals surface area contributed by atoms with Crippen LogP contribution in [0.3, 0.4) is 0 Å². The van der Waals surface area contributed by atoms with E-state index in [1.165, 1.54) is 18.1 Å². The molecule has 1 aromatic heterocycles. The van der Waals surface area contributed by atoms with E-state index >= 15 is 0 Å². The second kappa shape index (κ2) is 8.04. The number of nitrogens with zero attached hydrogens (tertiary/aromatic N) is 2. The first-order chi connectivity index (χ1) is 14.9. The normalized spacial score (nSPS) is 15.5. The first kappa shape index (κ1) is 20.3. The van der Waals surface area contributed by atoms with Crippen LogP contribution in [0.1, 0.15) is 5.56 Å². The van der Waals surface area contributed by atoms with Gasteiger partial charge < -0.3 is 14.4 Å². The Hall–Kier alpha value is -3.98. The van der Waals surface area contributed by atoms with Crippen molar-refractivity contribution in [2.45, 2.75) is 6.54 Å². The molecule has 0 radical (unpaired) electrons. The number of nitrogens with one attached hydrogen (secondary N) is 1. The minimum Gasteiger partial charge on any atom is -0.497 e. The van der Waals surface area contributed by atoms with E-state index in [1.807, 2.05) is 0 Å². The van der Waals surface area contributed by atoms with Crippen molar-refractivity contribution in [1.29, 1.82) is 0 Å². The first-order valence-electron chi connectivity index (χ1n) is 9.24. The van der Waals surface area contributed by atoms with Gasteiger partial charge in [-0.05, 0) is 48.6 Å². The number of carbonyl (C=O) groups is 3. The van der Waals surface area contributed by atoms with Gasteiger partial charge >= 0.3 is 5.97 Å². The molecule has 0 aliphatic carbocycles. The lowest BCUT2D eigenvalue weighted by Crippen LogP contribution is -2.54. The van der Waals surface area contributed by atoms with Crippen LogP contribution < -0.4 is 15.0 Å². The van der Waals surface area contributed by atoms with Gasteiger partial charge in [-0.3, -0.25) is 24.6 Å². The predicted molar refractivity (Wildman–Crippen MR) is 119 cm³/mol. The van der Waals surface area contributed by atoms with Gasteiger partial charge in [0, 0.05) is 22.7 Å². The monoisotopic (exact) mass is 435 g/mol. The molecule has 8 nitrogen and oxygen atoms in total. The molecule has 1 aliphatic heterocycles. The quantitative estimate of drug-likeness (QED) is 0.363. The summed E-state index contributed by atoms with van der Waals surface area (Å²) >= 11 is 5.22. The van der Waals surface area contributed by atoms with Crippen LogP contribution in [0.2, 0.25) is 0 Å². The zero-order chi connectivity index (χ0) is 22.1. The lowest BCUT2D eigenvalue weighted by Gasteiger charge is -2.29. The van der Waals surface area contributed by atoms with E-state index in [-0.39, 0.29) is 17.2 Å². The fourth-order valence-electron chi connectivity index (χ4n) is 3.45. The van der Waals surface area contributed by atoms with Gasteiger partial charge in [0.15, 0.2) is 5.11 Å². The van der Waals surface area contributed by atoms with E-state index in [0.717, 1.165) is 5.39 Å². The molecule has 3 aromatic rings. The summed E-state index contributed by atoms with van der Waals surface area (Å²) in [5.74, 6) is -1.57. The number of methoxy groups -OCH3 is 1. The molecule has 1 saturated heterocycles. The van der Waals surface area contributed by atoms with Crippen molar-refractivity contribution in [3.8, 4) is 5.75 Å². The first-order valence-corrected chi connectivity index (χ1v) is 9.65. The molecule has 2 heterocycles. The number of para-hydroxylation sites is 1. The summed E-state index contributed by atoms with van der Waals surface area (Å²) in [6.45, 7) is -0.244. The minimum atomic E-state index is -0.998. The molecule has 9 heteroatoms. The Morgan fingerprint density at radius 1 is 1.16 bits per heavy atom. The number of carbonyl (C=O) groups excluding carboxylic acids is 2. The van der Waals surface area contributed by atoms with Crippen molar-refractivity contribution in [3.63, 3.8) is 0 Å². The summed E-state index contributed by atoms with van der Waals surface area (Å²) in [5, 5.41) is 12.4. The molecule has 0 saturated carbocycles. The Labute approximate surface area is 182 Å². The SMILES string of the molecule is COc1ccc(N2C(=O)/C(=C\c3cn(CC(=O)O)c4ccccc34)C(=O)NC2=S)cc1. The highest BCUT2D eigenvalue weighted by Crippen LogP contribution is 2.27. The molecule has 2 amide bonds. The molecule has 4 rings (SSSR count). The second-order valence-electron chi connectivity index (χ2n) is 6.78. The highest BCUT2D eigenvalue weighted by Gasteiger charge is 2.34. The van der Waals surface area contributed by atoms with E-state index in [1.54, 1.807) is 59.3 Å². The maximum absolute atomic E-state index is 13.2. The number of anilines is 1. The van der Waals surface area contributed by atoms with Crippen LogP contribution in [0.15, 0.2) is 60.3 Å². The second-order valence-corrected chi connectivity index (χ2v) is 7.17. The standard InChI is InChI=1S/C22H17N3O5S/c1-30-15-8-6-14(7-9-15)25-21(29)17(20(28)23-22(25)31)10-13-11-24(12-19(26)27)18-5-3-2-4-16(13)18/h2-11H,12H2,1H3,(H,26,27)(H,23,28,31)/b17-10-. The van der Waals surface area contributed by atoms with Crippen LogP contribution >= 0.6 is 12.2 Å². The summed E-state index contributed by atoms with van der Waals surface area (Å²) in [6, 6.07) is 13.9. The average Bonchev–Trinajstić information content (AvgIpc) is 3.08. The van der Waals surface area contributed by atoms with E-state index < -0.39 is 17.8 Å². The van der Waals surface area contributed by atoms with Gasteiger partial charge in [-0.25, -0.2) is 0 Å². The van der Waals surface area contributed by atoms with Gasteiger partial charge in [-0.15, -0.1) is 0 Å². The van der Waals surface area contributed by atoms with E-state index in [2.05, 4.69) is 5.32 Å². The Balaban J connectivity index is 1.78. The number of rotatable bonds is 5. The van der Waals surface area contributed by atoms with Crippen LogP contribution in [-0.4, -0.2) is 39.7 Å². The zero-order valence-electron chi connectivity index (χ0n) is 16.4. The molecule has 31 heavy (non-hydrogen) atoms. The van der Waals surface area contributed by atoms with Gasteiger partial charge in [0.25, 0.3) is 11.8 Å². The summed E-state index contributed by atoms with van der Waals surface area (Å²) in [6.07, 6.45) is 3.06. The average molecular weight is 435 g/mol. The predicted octanol–water partition coefficient (Wildman–Crippen LogP) is 2.57. The number of hydrogen-bond donors (Lipinski definition) is 2. The van der Waals surface area contributed by atoms with E-state index in [0.29, 0.717) is 22.5 Å². The van der Waals surface area contributed by atoms with Gasteiger partial charge in [0.1, 0.15) is 17.9 Å². The number of ether oxygens (including phenoxy) is 1. The fraction of sp³-hybridized carbons (Fsp3) is 0.0909. The summed E-state index contributed by atoms with van der Waals surface area (Å²) in [4.78, 5) is 38.2. The van der Waals surface area contributed by atoms with E-state index in [4.69, 9.17) is 17.0 Å². The summed E-state index contributed by atoms with van der Waals surface area (Å²) in [5.41, 5.74) is 1.61. The summed E-state index contributed by atoms with van der Waals surface area (Å²) in [7, 11) is 1.54. The number of carboxylic acids is 1. The van der Waals surface area contributed by atoms with Crippen LogP contribution in [0.4, 0.5) is 5.69 Å². The molecule has 0 unspecified atom stereocenters. The van der Waals surface area contributed by atoms with E-state index in [9.17, 15) is 19.5 Å². The van der Waals surface area contributed by atoms with Crippen molar-refractivity contribution in [3.05, 3.63) is 65.9 Å². The Bertz CT molecular complexity index is 1260. The number of thiocarbonyl (C=S) groups is 1. The molecule has 1 aliphatic rings. The molecule has 2 aromatic carbocycles. The van der Waals surface area contributed by atoms with Crippen molar-refractivity contribution >= 4 is 57.8 Å². The number of carboxylic acid groups (broad SMARTS) is 1. The molecular formula is C22H17N3O5S. The van der Waals surface area contributed by atoms with Crippen molar-refractivity contribution in [1.82, 2.24) is 9.88 Å². The Morgan fingerprint density at radius 2 is 1.87 bits per heavy atom. The lowest BCUT2D eigenvalue weighted by atomic mass is 10.1. The highest BCUT2D eigenvalue weighted by atomic mass is 32.1. The Kier molecular flexibility index (Phi) is 5.26. The van der Waals surface area contributed by atoms with Gasteiger partial charge in [-0.1, -0.05) is 18.2 Å². The smallest absolute Gasteiger partial charge is 0.323 e. The largest absolute Gasteiger partial charge is 0.497 e. The van der Waals surface area contributed by atoms with Crippen LogP contribution in [-0.2, 0) is 20.9 Å². The third kappa shape index (κ3) is 3.78. The number of hydrogen-bond acceptors (Lipinski definition) is 5. The molecule has 0 atom stereocenters. The zero-order valence-corrected chi connectivity index (χ0v) is 17.2. The van der Waals surface area contributed by atoms with Gasteiger partial charge in [0.2, 0.25) is 0 Å². The lowest BCUT2D eigenvalue weighted by molar-refractivity contribution is -0.137.